The Labute approximate surface area is 61.5 Å². The molecule has 1 rings (SSSR count). The van der Waals surface area contributed by atoms with Crippen LogP contribution in [0.3, 0.4) is 0 Å². The molecule has 0 aromatic carbocycles. The van der Waals surface area contributed by atoms with Gasteiger partial charge in [-0.25, -0.2) is 0 Å². The van der Waals surface area contributed by atoms with Gasteiger partial charge in [-0.3, -0.25) is 0 Å². The maximum Gasteiger partial charge on any atom is 0.283 e. The lowest BCUT2D eigenvalue weighted by atomic mass is 10.5. The number of aromatic nitrogens is 1. The van der Waals surface area contributed by atoms with Gasteiger partial charge in [0.15, 0.2) is 0 Å². The lowest BCUT2D eigenvalue weighted by Gasteiger charge is -1.87. The highest BCUT2D eigenvalue weighted by molar-refractivity contribution is 9.10. The zero-order valence-corrected chi connectivity index (χ0v) is 6.09. The number of pyridine rings is 1. The van der Waals surface area contributed by atoms with Gasteiger partial charge in [-0.1, -0.05) is 28.6 Å². The summed E-state index contributed by atoms with van der Waals surface area (Å²) in [6, 6.07) is 3.57. The van der Waals surface area contributed by atoms with E-state index in [2.05, 4.69) is 25.8 Å². The third-order valence-electron chi connectivity index (χ3n) is 0.845. The average Bonchev–Trinajstić information content (AvgIpc) is 1.89. The van der Waals surface area contributed by atoms with Gasteiger partial charge in [-0.2, -0.15) is 0 Å². The van der Waals surface area contributed by atoms with Crippen molar-refractivity contribution in [3.63, 3.8) is 0 Å². The third-order valence-corrected chi connectivity index (χ3v) is 1.46. The molecule has 0 atom stereocenters. The van der Waals surface area contributed by atoms with E-state index in [0.717, 1.165) is 4.47 Å². The molecule has 0 spiro atoms. The van der Waals surface area contributed by atoms with Gasteiger partial charge in [0, 0.05) is 4.47 Å². The predicted molar refractivity (Wildman–Crippen MR) is 38.2 cm³/mol. The zero-order chi connectivity index (χ0) is 6.69. The topological polar surface area (TPSA) is 17.2 Å². The van der Waals surface area contributed by atoms with Crippen molar-refractivity contribution in [1.29, 1.82) is 0 Å². The minimum absolute atomic E-state index is 0.414. The van der Waals surface area contributed by atoms with Gasteiger partial charge in [-0.15, -0.1) is 4.98 Å². The number of halogens is 1. The molecule has 3 heteroatoms. The van der Waals surface area contributed by atoms with E-state index >= 15 is 0 Å². The molecule has 0 N–H and O–H groups in total. The van der Waals surface area contributed by atoms with Crippen molar-refractivity contribution in [1.82, 2.24) is 4.98 Å². The quantitative estimate of drug-likeness (QED) is 0.564. The second-order valence-corrected chi connectivity index (χ2v) is 2.27. The lowest BCUT2D eigenvalue weighted by molar-refractivity contribution is 1.34. The van der Waals surface area contributed by atoms with Gasteiger partial charge in [-0.05, 0) is 6.07 Å². The van der Waals surface area contributed by atoms with Gasteiger partial charge in [0.05, 0.1) is 0 Å². The summed E-state index contributed by atoms with van der Waals surface area (Å²) < 4.78 is 0.750. The van der Waals surface area contributed by atoms with Crippen LogP contribution in [-0.4, -0.2) is 4.98 Å². The van der Waals surface area contributed by atoms with E-state index in [0.29, 0.717) is 5.82 Å². The summed E-state index contributed by atoms with van der Waals surface area (Å²) in [6.45, 7) is 6.62. The number of hydrogen-bond donors (Lipinski definition) is 0. The summed E-state index contributed by atoms with van der Waals surface area (Å²) in [7, 11) is 0. The second kappa shape index (κ2) is 2.60. The Morgan fingerprint density at radius 1 is 1.67 bits per heavy atom. The summed E-state index contributed by atoms with van der Waals surface area (Å²) in [6.07, 6.45) is 1.60. The van der Waals surface area contributed by atoms with Crippen molar-refractivity contribution >= 4 is 21.7 Å². The Hall–Kier alpha value is -0.880. The summed E-state index contributed by atoms with van der Waals surface area (Å²) in [5, 5.41) is 0. The Bertz CT molecular complexity index is 251. The molecule has 0 aliphatic carbocycles. The highest BCUT2D eigenvalue weighted by atomic mass is 79.9. The van der Waals surface area contributed by atoms with Crippen molar-refractivity contribution in [3.8, 4) is 0 Å². The van der Waals surface area contributed by atoms with Gasteiger partial charge < -0.3 is 4.85 Å². The van der Waals surface area contributed by atoms with E-state index in [-0.39, 0.29) is 0 Å². The molecular weight excluding hydrogens is 180 g/mol. The highest BCUT2D eigenvalue weighted by Gasteiger charge is 1.95. The molecule has 0 amide bonds. The van der Waals surface area contributed by atoms with Crippen LogP contribution in [0.5, 0.6) is 0 Å². The second-order valence-electron chi connectivity index (χ2n) is 1.42. The van der Waals surface area contributed by atoms with Crippen LogP contribution >= 0.6 is 15.9 Å². The summed E-state index contributed by atoms with van der Waals surface area (Å²) in [4.78, 5) is 6.96. The van der Waals surface area contributed by atoms with E-state index in [1.807, 2.05) is 0 Å². The fraction of sp³-hybridized carbons (Fsp3) is 0. The van der Waals surface area contributed by atoms with Crippen LogP contribution in [0.25, 0.3) is 4.85 Å². The van der Waals surface area contributed by atoms with Crippen LogP contribution in [0.15, 0.2) is 22.8 Å². The fourth-order valence-electron chi connectivity index (χ4n) is 0.460. The molecule has 0 unspecified atom stereocenters. The number of nitrogens with zero attached hydrogens (tertiary/aromatic N) is 2. The first-order chi connectivity index (χ1) is 4.34. The smallest absolute Gasteiger partial charge is 0.283 e. The first-order valence-electron chi connectivity index (χ1n) is 2.32. The third kappa shape index (κ3) is 1.27. The van der Waals surface area contributed by atoms with Crippen molar-refractivity contribution < 1.29 is 0 Å². The number of hydrogen-bond acceptors (Lipinski definition) is 1. The van der Waals surface area contributed by atoms with Crippen LogP contribution in [0.1, 0.15) is 0 Å². The van der Waals surface area contributed by atoms with Gasteiger partial charge in [0.1, 0.15) is 6.20 Å². The molecule has 9 heavy (non-hydrogen) atoms. The van der Waals surface area contributed by atoms with Crippen LogP contribution in [0.4, 0.5) is 5.82 Å². The van der Waals surface area contributed by atoms with E-state index in [1.165, 1.54) is 0 Å². The molecule has 0 saturated carbocycles. The van der Waals surface area contributed by atoms with Gasteiger partial charge in [0.25, 0.3) is 5.82 Å². The maximum absolute atomic E-state index is 6.62. The lowest BCUT2D eigenvalue weighted by Crippen LogP contribution is -1.69. The van der Waals surface area contributed by atoms with Crippen molar-refractivity contribution in [2.45, 2.75) is 0 Å². The molecule has 0 radical (unpaired) electrons. The van der Waals surface area contributed by atoms with Crippen molar-refractivity contribution in [2.75, 3.05) is 0 Å². The maximum atomic E-state index is 6.62. The van der Waals surface area contributed by atoms with E-state index < -0.39 is 0 Å². The van der Waals surface area contributed by atoms with Crippen LogP contribution < -0.4 is 0 Å². The molecule has 0 bridgehead atoms. The van der Waals surface area contributed by atoms with E-state index in [4.69, 9.17) is 6.57 Å². The molecular formula is C6H3BrN2. The Morgan fingerprint density at radius 3 is 2.89 bits per heavy atom. The first kappa shape index (κ1) is 6.24. The van der Waals surface area contributed by atoms with Crippen LogP contribution in [0.2, 0.25) is 0 Å². The average molecular weight is 183 g/mol. The highest BCUT2D eigenvalue weighted by Crippen LogP contribution is 2.20. The van der Waals surface area contributed by atoms with Gasteiger partial charge in [0.2, 0.25) is 0 Å². The molecule has 0 aliphatic heterocycles. The normalized spacial score (nSPS) is 8.44. The molecule has 1 aromatic heterocycles. The van der Waals surface area contributed by atoms with Crippen molar-refractivity contribution in [2.24, 2.45) is 0 Å². The monoisotopic (exact) mass is 182 g/mol. The SMILES string of the molecule is [C-]#[N+]c1ncccc1Br. The van der Waals surface area contributed by atoms with Crippen LogP contribution in [0, 0.1) is 6.57 Å². The predicted octanol–water partition coefficient (Wildman–Crippen LogP) is 2.39. The summed E-state index contributed by atoms with van der Waals surface area (Å²) >= 11 is 3.18. The minimum Gasteiger partial charge on any atom is -0.360 e. The minimum atomic E-state index is 0.414. The summed E-state index contributed by atoms with van der Waals surface area (Å²) in [5.74, 6) is 0.414. The molecule has 1 heterocycles. The van der Waals surface area contributed by atoms with Gasteiger partial charge >= 0.3 is 0 Å². The summed E-state index contributed by atoms with van der Waals surface area (Å²) in [5.41, 5.74) is 0. The zero-order valence-electron chi connectivity index (χ0n) is 4.50. The fourth-order valence-corrected chi connectivity index (χ4v) is 0.803. The van der Waals surface area contributed by atoms with E-state index in [1.54, 1.807) is 18.3 Å². The molecule has 2 nitrogen and oxygen atoms in total. The standard InChI is InChI=1S/C6H3BrN2/c1-8-6-5(7)3-2-4-9-6/h2-4H. The Morgan fingerprint density at radius 2 is 2.44 bits per heavy atom. The van der Waals surface area contributed by atoms with Crippen molar-refractivity contribution in [3.05, 3.63) is 34.2 Å². The Kier molecular flexibility index (Phi) is 1.81. The molecule has 0 saturated heterocycles. The van der Waals surface area contributed by atoms with E-state index in [9.17, 15) is 0 Å². The number of rotatable bonds is 0. The molecule has 1 aromatic rings. The van der Waals surface area contributed by atoms with Crippen LogP contribution in [-0.2, 0) is 0 Å². The molecule has 44 valence electrons. The largest absolute Gasteiger partial charge is 0.360 e. The molecule has 0 aliphatic rings. The first-order valence-corrected chi connectivity index (χ1v) is 3.12. The molecule has 0 fully saturated rings. The Balaban J connectivity index is 3.20.